The molecule has 0 atom stereocenters. The summed E-state index contributed by atoms with van der Waals surface area (Å²) in [5.74, 6) is 0. The van der Waals surface area contributed by atoms with Gasteiger partial charge in [-0.05, 0) is 13.0 Å². The molecule has 0 radical (unpaired) electrons. The number of aryl methyl sites for hydroxylation is 1. The fourth-order valence-electron chi connectivity index (χ4n) is 2.58. The molecule has 7 nitrogen and oxygen atoms in total. The van der Waals surface area contributed by atoms with E-state index >= 15 is 0 Å². The van der Waals surface area contributed by atoms with Crippen molar-refractivity contribution < 1.29 is 8.42 Å². The van der Waals surface area contributed by atoms with Gasteiger partial charge in [0.25, 0.3) is 0 Å². The summed E-state index contributed by atoms with van der Waals surface area (Å²) >= 11 is 0. The monoisotopic (exact) mass is 359 g/mol. The SMILES string of the molecule is Cc1cc(-c2c(-c3ccccc3)ncn2CCN(C)S(C)(=O)=O)n[nH]1. The second-order valence-corrected chi connectivity index (χ2v) is 8.11. The number of hydrogen-bond donors (Lipinski definition) is 1. The lowest BCUT2D eigenvalue weighted by molar-refractivity contribution is 0.450. The Morgan fingerprint density at radius 2 is 1.96 bits per heavy atom. The highest BCUT2D eigenvalue weighted by molar-refractivity contribution is 7.88. The van der Waals surface area contributed by atoms with Crippen molar-refractivity contribution in [3.05, 3.63) is 48.4 Å². The Kier molecular flexibility index (Phi) is 4.73. The van der Waals surface area contributed by atoms with Gasteiger partial charge in [0.05, 0.1) is 24.0 Å². The molecule has 1 N–H and O–H groups in total. The van der Waals surface area contributed by atoms with Crippen LogP contribution in [0.2, 0.25) is 0 Å². The molecule has 0 unspecified atom stereocenters. The number of H-pyrrole nitrogens is 1. The van der Waals surface area contributed by atoms with Crippen LogP contribution in [-0.2, 0) is 16.6 Å². The number of aromatic nitrogens is 4. The third kappa shape index (κ3) is 3.80. The number of hydrogen-bond acceptors (Lipinski definition) is 4. The Morgan fingerprint density at radius 3 is 2.56 bits per heavy atom. The van der Waals surface area contributed by atoms with E-state index in [1.807, 2.05) is 47.9 Å². The normalized spacial score (nSPS) is 12.0. The summed E-state index contributed by atoms with van der Waals surface area (Å²) in [6.07, 6.45) is 2.94. The fourth-order valence-corrected chi connectivity index (χ4v) is 2.99. The van der Waals surface area contributed by atoms with Gasteiger partial charge < -0.3 is 4.57 Å². The van der Waals surface area contributed by atoms with Crippen molar-refractivity contribution in [2.24, 2.45) is 0 Å². The first kappa shape index (κ1) is 17.4. The van der Waals surface area contributed by atoms with Crippen molar-refractivity contribution in [3.8, 4) is 22.6 Å². The zero-order valence-corrected chi connectivity index (χ0v) is 15.3. The Hall–Kier alpha value is -2.45. The standard InChI is InChI=1S/C17H21N5O2S/c1-13-11-15(20-19-13)17-16(14-7-5-4-6-8-14)18-12-22(17)10-9-21(2)25(3,23)24/h4-8,11-12H,9-10H2,1-3H3,(H,19,20). The minimum Gasteiger partial charge on any atom is -0.327 e. The second-order valence-electron chi connectivity index (χ2n) is 6.02. The summed E-state index contributed by atoms with van der Waals surface area (Å²) in [5, 5.41) is 7.32. The van der Waals surface area contributed by atoms with Crippen LogP contribution in [0, 0.1) is 6.92 Å². The number of benzene rings is 1. The molecule has 1 aromatic carbocycles. The average molecular weight is 359 g/mol. The third-order valence-electron chi connectivity index (χ3n) is 4.06. The molecular formula is C17H21N5O2S. The van der Waals surface area contributed by atoms with Crippen LogP contribution in [0.3, 0.4) is 0 Å². The van der Waals surface area contributed by atoms with Crippen LogP contribution < -0.4 is 0 Å². The van der Waals surface area contributed by atoms with Gasteiger partial charge in [0.1, 0.15) is 5.69 Å². The largest absolute Gasteiger partial charge is 0.327 e. The van der Waals surface area contributed by atoms with Gasteiger partial charge in [-0.3, -0.25) is 5.10 Å². The second kappa shape index (κ2) is 6.81. The number of rotatable bonds is 6. The van der Waals surface area contributed by atoms with Gasteiger partial charge in [0.15, 0.2) is 0 Å². The van der Waals surface area contributed by atoms with Crippen molar-refractivity contribution in [1.29, 1.82) is 0 Å². The first-order valence-electron chi connectivity index (χ1n) is 7.90. The molecule has 0 aliphatic rings. The summed E-state index contributed by atoms with van der Waals surface area (Å²) in [6, 6.07) is 11.8. The van der Waals surface area contributed by atoms with Crippen LogP contribution in [-0.4, -0.2) is 52.3 Å². The third-order valence-corrected chi connectivity index (χ3v) is 5.37. The molecule has 3 aromatic rings. The summed E-state index contributed by atoms with van der Waals surface area (Å²) in [6.45, 7) is 2.79. The van der Waals surface area contributed by atoms with Gasteiger partial charge in [-0.15, -0.1) is 0 Å². The number of aromatic amines is 1. The van der Waals surface area contributed by atoms with Crippen LogP contribution in [0.5, 0.6) is 0 Å². The van der Waals surface area contributed by atoms with E-state index in [4.69, 9.17) is 0 Å². The molecule has 0 amide bonds. The van der Waals surface area contributed by atoms with Crippen molar-refractivity contribution in [1.82, 2.24) is 24.1 Å². The molecule has 25 heavy (non-hydrogen) atoms. The lowest BCUT2D eigenvalue weighted by Crippen LogP contribution is -2.29. The van der Waals surface area contributed by atoms with Gasteiger partial charge in [-0.2, -0.15) is 5.10 Å². The van der Waals surface area contributed by atoms with E-state index in [0.29, 0.717) is 13.1 Å². The van der Waals surface area contributed by atoms with E-state index in [-0.39, 0.29) is 0 Å². The Labute approximate surface area is 147 Å². The first-order chi connectivity index (χ1) is 11.9. The van der Waals surface area contributed by atoms with Gasteiger partial charge in [0, 0.05) is 31.4 Å². The number of likely N-dealkylation sites (N-methyl/N-ethyl adjacent to an activating group) is 1. The highest BCUT2D eigenvalue weighted by Gasteiger charge is 2.18. The fraction of sp³-hybridized carbons (Fsp3) is 0.294. The maximum absolute atomic E-state index is 11.6. The molecule has 0 aliphatic carbocycles. The van der Waals surface area contributed by atoms with Crippen LogP contribution >= 0.6 is 0 Å². The summed E-state index contributed by atoms with van der Waals surface area (Å²) in [5.41, 5.74) is 4.44. The molecule has 0 bridgehead atoms. The van der Waals surface area contributed by atoms with Crippen LogP contribution in [0.1, 0.15) is 5.69 Å². The molecule has 3 rings (SSSR count). The summed E-state index contributed by atoms with van der Waals surface area (Å²) < 4.78 is 26.5. The first-order valence-corrected chi connectivity index (χ1v) is 9.75. The number of nitrogens with zero attached hydrogens (tertiary/aromatic N) is 4. The molecule has 0 aliphatic heterocycles. The molecule has 0 fully saturated rings. The zero-order valence-electron chi connectivity index (χ0n) is 14.5. The van der Waals surface area contributed by atoms with Gasteiger partial charge in [-0.25, -0.2) is 17.7 Å². The predicted octanol–water partition coefficient (Wildman–Crippen LogP) is 2.14. The molecule has 0 saturated heterocycles. The number of nitrogens with one attached hydrogen (secondary N) is 1. The smallest absolute Gasteiger partial charge is 0.211 e. The van der Waals surface area contributed by atoms with Crippen molar-refractivity contribution in [2.45, 2.75) is 13.5 Å². The van der Waals surface area contributed by atoms with Gasteiger partial charge >= 0.3 is 0 Å². The maximum atomic E-state index is 11.6. The average Bonchev–Trinajstić information content (AvgIpc) is 3.18. The predicted molar refractivity (Wildman–Crippen MR) is 97.5 cm³/mol. The summed E-state index contributed by atoms with van der Waals surface area (Å²) in [4.78, 5) is 4.55. The van der Waals surface area contributed by atoms with Gasteiger partial charge in [-0.1, -0.05) is 30.3 Å². The number of sulfonamides is 1. The van der Waals surface area contributed by atoms with Crippen LogP contribution in [0.4, 0.5) is 0 Å². The molecule has 0 saturated carbocycles. The van der Waals surface area contributed by atoms with Gasteiger partial charge in [0.2, 0.25) is 10.0 Å². The lowest BCUT2D eigenvalue weighted by atomic mass is 10.1. The molecule has 2 heterocycles. The maximum Gasteiger partial charge on any atom is 0.211 e. The van der Waals surface area contributed by atoms with E-state index in [1.165, 1.54) is 10.6 Å². The topological polar surface area (TPSA) is 83.9 Å². The minimum absolute atomic E-state index is 0.361. The van der Waals surface area contributed by atoms with E-state index < -0.39 is 10.0 Å². The Balaban J connectivity index is 2.00. The highest BCUT2D eigenvalue weighted by atomic mass is 32.2. The van der Waals surface area contributed by atoms with E-state index in [0.717, 1.165) is 28.3 Å². The Bertz CT molecular complexity index is 960. The van der Waals surface area contributed by atoms with E-state index in [1.54, 1.807) is 13.4 Å². The van der Waals surface area contributed by atoms with Crippen molar-refractivity contribution in [3.63, 3.8) is 0 Å². The van der Waals surface area contributed by atoms with Crippen molar-refractivity contribution >= 4 is 10.0 Å². The highest BCUT2D eigenvalue weighted by Crippen LogP contribution is 2.30. The van der Waals surface area contributed by atoms with Crippen molar-refractivity contribution in [2.75, 3.05) is 19.8 Å². The van der Waals surface area contributed by atoms with E-state index in [9.17, 15) is 8.42 Å². The number of imidazole rings is 1. The molecular weight excluding hydrogens is 338 g/mol. The molecule has 0 spiro atoms. The Morgan fingerprint density at radius 1 is 1.24 bits per heavy atom. The molecule has 2 aromatic heterocycles. The summed E-state index contributed by atoms with van der Waals surface area (Å²) in [7, 11) is -1.64. The lowest BCUT2D eigenvalue weighted by Gasteiger charge is -2.15. The molecule has 8 heteroatoms. The van der Waals surface area contributed by atoms with Crippen LogP contribution in [0.25, 0.3) is 22.6 Å². The zero-order chi connectivity index (χ0) is 18.0. The quantitative estimate of drug-likeness (QED) is 0.731. The van der Waals surface area contributed by atoms with E-state index in [2.05, 4.69) is 15.2 Å². The molecule has 132 valence electrons. The minimum atomic E-state index is -3.21. The van der Waals surface area contributed by atoms with Crippen LogP contribution in [0.15, 0.2) is 42.7 Å².